The molecule has 2 aliphatic rings. The van der Waals surface area contributed by atoms with E-state index in [2.05, 4.69) is 34.7 Å². The molecular weight excluding hydrogens is 274 g/mol. The molecule has 2 fully saturated rings. The molecule has 1 saturated heterocycles. The van der Waals surface area contributed by atoms with Gasteiger partial charge in [-0.15, -0.1) is 0 Å². The van der Waals surface area contributed by atoms with Crippen molar-refractivity contribution in [2.24, 2.45) is 11.3 Å². The van der Waals surface area contributed by atoms with Gasteiger partial charge < -0.3 is 15.5 Å². The van der Waals surface area contributed by atoms with Crippen molar-refractivity contribution in [3.8, 4) is 0 Å². The highest BCUT2D eigenvalue weighted by Gasteiger charge is 2.49. The topological polar surface area (TPSA) is 44.4 Å². The second-order valence-electron chi connectivity index (χ2n) is 6.74. The molecule has 120 valence electrons. The first-order valence-corrected chi connectivity index (χ1v) is 8.47. The third-order valence-electron chi connectivity index (χ3n) is 5.42. The molecule has 1 heterocycles. The van der Waals surface area contributed by atoms with Crippen molar-refractivity contribution in [2.75, 3.05) is 38.1 Å². The summed E-state index contributed by atoms with van der Waals surface area (Å²) in [6.45, 7) is 3.41. The van der Waals surface area contributed by atoms with Crippen LogP contribution in [0, 0.1) is 11.3 Å². The van der Waals surface area contributed by atoms with Crippen LogP contribution in [-0.2, 0) is 4.79 Å². The monoisotopic (exact) mass is 301 g/mol. The summed E-state index contributed by atoms with van der Waals surface area (Å²) in [6, 6.07) is 10.3. The number of anilines is 1. The Morgan fingerprint density at radius 3 is 3.00 bits per heavy atom. The molecule has 1 aromatic rings. The molecule has 1 aliphatic carbocycles. The number of benzene rings is 1. The molecule has 0 radical (unpaired) electrons. The lowest BCUT2D eigenvalue weighted by molar-refractivity contribution is -0.133. The number of nitrogens with one attached hydrogen (secondary N) is 2. The van der Waals surface area contributed by atoms with Gasteiger partial charge >= 0.3 is 0 Å². The zero-order valence-corrected chi connectivity index (χ0v) is 13.5. The first-order chi connectivity index (χ1) is 10.7. The van der Waals surface area contributed by atoms with E-state index >= 15 is 0 Å². The quantitative estimate of drug-likeness (QED) is 0.874. The number of carbonyl (C=O) groups excluding carboxylic acids is 1. The lowest BCUT2D eigenvalue weighted by Crippen LogP contribution is -2.49. The molecule has 2 N–H and O–H groups in total. The van der Waals surface area contributed by atoms with Crippen LogP contribution in [0.3, 0.4) is 0 Å². The summed E-state index contributed by atoms with van der Waals surface area (Å²) in [4.78, 5) is 14.9. The maximum absolute atomic E-state index is 12.7. The Kier molecular flexibility index (Phi) is 4.67. The SMILES string of the molecule is CN(CCNC(=O)[C@@]12CCCC[C@H]1CNC2)c1ccccc1. The molecule has 1 amide bonds. The maximum atomic E-state index is 12.7. The van der Waals surface area contributed by atoms with Crippen molar-refractivity contribution in [2.45, 2.75) is 25.7 Å². The molecule has 0 spiro atoms. The summed E-state index contributed by atoms with van der Waals surface area (Å²) in [6.07, 6.45) is 4.71. The van der Waals surface area contributed by atoms with E-state index in [1.165, 1.54) is 24.9 Å². The molecule has 3 rings (SSSR count). The van der Waals surface area contributed by atoms with Gasteiger partial charge in [-0.05, 0) is 37.4 Å². The summed E-state index contributed by atoms with van der Waals surface area (Å²) in [5.74, 6) is 0.803. The third kappa shape index (κ3) is 2.98. The van der Waals surface area contributed by atoms with E-state index in [4.69, 9.17) is 0 Å². The number of likely N-dealkylation sites (N-methyl/N-ethyl adjacent to an activating group) is 1. The highest BCUT2D eigenvalue weighted by atomic mass is 16.2. The lowest BCUT2D eigenvalue weighted by atomic mass is 9.67. The van der Waals surface area contributed by atoms with Crippen LogP contribution in [-0.4, -0.2) is 39.1 Å². The van der Waals surface area contributed by atoms with E-state index in [0.717, 1.165) is 26.1 Å². The summed E-state index contributed by atoms with van der Waals surface area (Å²) >= 11 is 0. The molecular formula is C18H27N3O. The van der Waals surface area contributed by atoms with Crippen LogP contribution in [0.4, 0.5) is 5.69 Å². The van der Waals surface area contributed by atoms with Crippen LogP contribution in [0.15, 0.2) is 30.3 Å². The van der Waals surface area contributed by atoms with Gasteiger partial charge in [-0.3, -0.25) is 4.79 Å². The van der Waals surface area contributed by atoms with Gasteiger partial charge in [0.05, 0.1) is 5.41 Å². The van der Waals surface area contributed by atoms with E-state index in [0.29, 0.717) is 12.5 Å². The van der Waals surface area contributed by atoms with Crippen LogP contribution >= 0.6 is 0 Å². The predicted molar refractivity (Wildman–Crippen MR) is 90.0 cm³/mol. The third-order valence-corrected chi connectivity index (χ3v) is 5.42. The average Bonchev–Trinajstić information content (AvgIpc) is 3.00. The first kappa shape index (κ1) is 15.3. The van der Waals surface area contributed by atoms with Crippen LogP contribution in [0.5, 0.6) is 0 Å². The molecule has 1 aromatic carbocycles. The van der Waals surface area contributed by atoms with Crippen molar-refractivity contribution in [1.82, 2.24) is 10.6 Å². The van der Waals surface area contributed by atoms with E-state index in [9.17, 15) is 4.79 Å². The Morgan fingerprint density at radius 2 is 2.18 bits per heavy atom. The van der Waals surface area contributed by atoms with Crippen LogP contribution < -0.4 is 15.5 Å². The molecule has 1 aliphatic heterocycles. The number of hydrogen-bond donors (Lipinski definition) is 2. The van der Waals surface area contributed by atoms with Crippen molar-refractivity contribution in [1.29, 1.82) is 0 Å². The molecule has 0 unspecified atom stereocenters. The maximum Gasteiger partial charge on any atom is 0.227 e. The predicted octanol–water partition coefficient (Wildman–Crippen LogP) is 2.02. The van der Waals surface area contributed by atoms with Crippen molar-refractivity contribution in [3.63, 3.8) is 0 Å². The Bertz CT molecular complexity index is 504. The zero-order chi connectivity index (χ0) is 15.4. The highest BCUT2D eigenvalue weighted by molar-refractivity contribution is 5.84. The Hall–Kier alpha value is -1.55. The van der Waals surface area contributed by atoms with E-state index in [1.807, 2.05) is 18.2 Å². The molecule has 0 bridgehead atoms. The second-order valence-corrected chi connectivity index (χ2v) is 6.74. The fraction of sp³-hybridized carbons (Fsp3) is 0.611. The van der Waals surface area contributed by atoms with E-state index < -0.39 is 0 Å². The minimum atomic E-state index is -0.135. The van der Waals surface area contributed by atoms with Gasteiger partial charge in [-0.1, -0.05) is 31.0 Å². The highest BCUT2D eigenvalue weighted by Crippen LogP contribution is 2.43. The van der Waals surface area contributed by atoms with Crippen LogP contribution in [0.2, 0.25) is 0 Å². The van der Waals surface area contributed by atoms with Gasteiger partial charge in [0.25, 0.3) is 0 Å². The van der Waals surface area contributed by atoms with Crippen LogP contribution in [0.1, 0.15) is 25.7 Å². The smallest absolute Gasteiger partial charge is 0.227 e. The van der Waals surface area contributed by atoms with Crippen molar-refractivity contribution < 1.29 is 4.79 Å². The molecule has 0 aromatic heterocycles. The van der Waals surface area contributed by atoms with Crippen LogP contribution in [0.25, 0.3) is 0 Å². The fourth-order valence-corrected chi connectivity index (χ4v) is 4.02. The Labute approximate surface area is 133 Å². The fourth-order valence-electron chi connectivity index (χ4n) is 4.02. The lowest BCUT2D eigenvalue weighted by Gasteiger charge is -2.37. The van der Waals surface area contributed by atoms with Gasteiger partial charge in [0.2, 0.25) is 5.91 Å². The molecule has 4 nitrogen and oxygen atoms in total. The van der Waals surface area contributed by atoms with Gasteiger partial charge in [0.15, 0.2) is 0 Å². The number of carbonyl (C=O) groups is 1. The standard InChI is InChI=1S/C18H27N3O/c1-21(16-8-3-2-4-9-16)12-11-20-17(22)18-10-6-5-7-15(18)13-19-14-18/h2-4,8-9,15,19H,5-7,10-14H2,1H3,(H,20,22)/t15-,18+/m0/s1. The zero-order valence-electron chi connectivity index (χ0n) is 13.5. The minimum Gasteiger partial charge on any atom is -0.373 e. The molecule has 22 heavy (non-hydrogen) atoms. The molecule has 1 saturated carbocycles. The Morgan fingerprint density at radius 1 is 1.36 bits per heavy atom. The Balaban J connectivity index is 1.52. The summed E-state index contributed by atoms with van der Waals surface area (Å²) < 4.78 is 0. The van der Waals surface area contributed by atoms with Crippen molar-refractivity contribution in [3.05, 3.63) is 30.3 Å². The van der Waals surface area contributed by atoms with E-state index in [1.54, 1.807) is 0 Å². The van der Waals surface area contributed by atoms with Gasteiger partial charge in [0, 0.05) is 32.4 Å². The number of rotatable bonds is 5. The minimum absolute atomic E-state index is 0.135. The largest absolute Gasteiger partial charge is 0.373 e. The molecule has 4 heteroatoms. The average molecular weight is 301 g/mol. The van der Waals surface area contributed by atoms with Gasteiger partial charge in [-0.2, -0.15) is 0 Å². The number of hydrogen-bond acceptors (Lipinski definition) is 3. The van der Waals surface area contributed by atoms with Gasteiger partial charge in [-0.25, -0.2) is 0 Å². The van der Waals surface area contributed by atoms with E-state index in [-0.39, 0.29) is 11.3 Å². The number of nitrogens with zero attached hydrogens (tertiary/aromatic N) is 1. The van der Waals surface area contributed by atoms with Crippen molar-refractivity contribution >= 4 is 11.6 Å². The number of para-hydroxylation sites is 1. The van der Waals surface area contributed by atoms with Gasteiger partial charge in [0.1, 0.15) is 0 Å². The summed E-state index contributed by atoms with van der Waals surface area (Å²) in [5.41, 5.74) is 1.05. The first-order valence-electron chi connectivity index (χ1n) is 8.47. The second kappa shape index (κ2) is 6.69. The summed E-state index contributed by atoms with van der Waals surface area (Å²) in [5, 5.41) is 6.63. The number of amides is 1. The number of fused-ring (bicyclic) bond motifs is 1. The normalized spacial score (nSPS) is 27.2. The summed E-state index contributed by atoms with van der Waals surface area (Å²) in [7, 11) is 2.07. The molecule has 2 atom stereocenters.